The topological polar surface area (TPSA) is 14.1 Å². The fourth-order valence-corrected chi connectivity index (χ4v) is 0.624. The van der Waals surface area contributed by atoms with E-state index in [1.807, 2.05) is 0 Å². The van der Waals surface area contributed by atoms with E-state index in [2.05, 4.69) is 5.32 Å². The lowest BCUT2D eigenvalue weighted by Gasteiger charge is -1.95. The summed E-state index contributed by atoms with van der Waals surface area (Å²) in [6.07, 6.45) is 0. The first-order chi connectivity index (χ1) is 4.74. The van der Waals surface area contributed by atoms with E-state index in [0.29, 0.717) is 5.69 Å². The number of hydrogen-bond acceptors (Lipinski definition) is 0. The van der Waals surface area contributed by atoms with Gasteiger partial charge in [-0.25, -0.2) is 8.78 Å². The van der Waals surface area contributed by atoms with Gasteiger partial charge in [0, 0.05) is 13.1 Å². The maximum Gasteiger partial charge on any atom is 0.160 e. The number of benzene rings is 1. The summed E-state index contributed by atoms with van der Waals surface area (Å²) in [7, 11) is 1.52. The molecule has 0 saturated carbocycles. The molecule has 0 aliphatic carbocycles. The van der Waals surface area contributed by atoms with Crippen LogP contribution in [0.3, 0.4) is 0 Å². The molecule has 0 atom stereocenters. The Bertz CT molecular complexity index is 235. The van der Waals surface area contributed by atoms with Gasteiger partial charge in [-0.15, -0.1) is 0 Å². The van der Waals surface area contributed by atoms with E-state index in [4.69, 9.17) is 0 Å². The third-order valence-corrected chi connectivity index (χ3v) is 1.16. The van der Waals surface area contributed by atoms with Crippen LogP contribution in [0.25, 0.3) is 0 Å². The Morgan fingerprint density at radius 2 is 1.90 bits per heavy atom. The van der Waals surface area contributed by atoms with Gasteiger partial charge >= 0.3 is 0 Å². The number of hydrogen-bond donors (Lipinski definition) is 0. The summed E-state index contributed by atoms with van der Waals surface area (Å²) >= 11 is 0. The average Bonchev–Trinajstić information content (AvgIpc) is 1.95. The SMILES string of the molecule is C[N]c1ccc(F)c(F)c1. The van der Waals surface area contributed by atoms with E-state index in [-0.39, 0.29) is 0 Å². The van der Waals surface area contributed by atoms with Crippen molar-refractivity contribution in [2.45, 2.75) is 0 Å². The molecule has 1 aromatic rings. The Morgan fingerprint density at radius 1 is 1.20 bits per heavy atom. The monoisotopic (exact) mass is 142 g/mol. The molecule has 53 valence electrons. The zero-order valence-corrected chi connectivity index (χ0v) is 5.44. The van der Waals surface area contributed by atoms with Crippen LogP contribution in [-0.2, 0) is 0 Å². The second-order valence-corrected chi connectivity index (χ2v) is 1.82. The fraction of sp³-hybridized carbons (Fsp3) is 0.143. The van der Waals surface area contributed by atoms with Crippen LogP contribution >= 0.6 is 0 Å². The third kappa shape index (κ3) is 1.23. The van der Waals surface area contributed by atoms with Gasteiger partial charge in [-0.05, 0) is 12.1 Å². The molecular weight excluding hydrogens is 136 g/mol. The van der Waals surface area contributed by atoms with Crippen molar-refractivity contribution in [3.8, 4) is 0 Å². The molecule has 0 amide bonds. The van der Waals surface area contributed by atoms with Crippen LogP contribution in [-0.4, -0.2) is 7.05 Å². The minimum Gasteiger partial charge on any atom is -0.289 e. The van der Waals surface area contributed by atoms with Gasteiger partial charge in [0.1, 0.15) is 0 Å². The second-order valence-electron chi connectivity index (χ2n) is 1.82. The lowest BCUT2D eigenvalue weighted by Crippen LogP contribution is -1.89. The maximum atomic E-state index is 12.3. The van der Waals surface area contributed by atoms with Crippen LogP contribution in [0.4, 0.5) is 14.5 Å². The Hall–Kier alpha value is -1.12. The summed E-state index contributed by atoms with van der Waals surface area (Å²) < 4.78 is 24.5. The van der Waals surface area contributed by atoms with Gasteiger partial charge in [0.15, 0.2) is 11.6 Å². The molecule has 0 unspecified atom stereocenters. The molecule has 1 nitrogen and oxygen atoms in total. The summed E-state index contributed by atoms with van der Waals surface area (Å²) in [4.78, 5) is 0. The molecule has 0 fully saturated rings. The Balaban J connectivity index is 3.04. The largest absolute Gasteiger partial charge is 0.289 e. The van der Waals surface area contributed by atoms with Crippen molar-refractivity contribution in [3.63, 3.8) is 0 Å². The first-order valence-electron chi connectivity index (χ1n) is 2.79. The highest BCUT2D eigenvalue weighted by Gasteiger charge is 2.00. The van der Waals surface area contributed by atoms with Gasteiger partial charge in [-0.2, -0.15) is 0 Å². The molecule has 0 aliphatic heterocycles. The van der Waals surface area contributed by atoms with E-state index in [1.165, 1.54) is 13.1 Å². The smallest absolute Gasteiger partial charge is 0.160 e. The van der Waals surface area contributed by atoms with E-state index >= 15 is 0 Å². The van der Waals surface area contributed by atoms with E-state index in [9.17, 15) is 8.78 Å². The lowest BCUT2D eigenvalue weighted by atomic mass is 10.3. The van der Waals surface area contributed by atoms with Crippen molar-refractivity contribution in [2.75, 3.05) is 7.05 Å². The molecule has 0 N–H and O–H groups in total. The molecule has 1 radical (unpaired) electrons. The van der Waals surface area contributed by atoms with Crippen molar-refractivity contribution < 1.29 is 8.78 Å². The first-order valence-corrected chi connectivity index (χ1v) is 2.79. The molecule has 0 saturated heterocycles. The fourth-order valence-electron chi connectivity index (χ4n) is 0.624. The molecule has 10 heavy (non-hydrogen) atoms. The maximum absolute atomic E-state index is 12.3. The molecule has 0 heterocycles. The standard InChI is InChI=1S/C7H6F2N/c1-10-5-2-3-6(8)7(9)4-5/h2-4H,1H3. The molecule has 0 bridgehead atoms. The highest BCUT2D eigenvalue weighted by Crippen LogP contribution is 2.11. The third-order valence-electron chi connectivity index (χ3n) is 1.16. The van der Waals surface area contributed by atoms with E-state index < -0.39 is 11.6 Å². The van der Waals surface area contributed by atoms with Crippen LogP contribution in [0.15, 0.2) is 18.2 Å². The summed E-state index contributed by atoms with van der Waals surface area (Å²) in [5.74, 6) is -1.70. The summed E-state index contributed by atoms with van der Waals surface area (Å²) in [5.41, 5.74) is 0.443. The Morgan fingerprint density at radius 3 is 2.40 bits per heavy atom. The van der Waals surface area contributed by atoms with Gasteiger partial charge in [-0.3, -0.25) is 5.32 Å². The van der Waals surface area contributed by atoms with E-state index in [1.54, 1.807) is 0 Å². The van der Waals surface area contributed by atoms with Crippen LogP contribution in [0.1, 0.15) is 0 Å². The minimum atomic E-state index is -0.858. The van der Waals surface area contributed by atoms with Crippen LogP contribution < -0.4 is 5.32 Å². The van der Waals surface area contributed by atoms with Crippen molar-refractivity contribution >= 4 is 5.69 Å². The van der Waals surface area contributed by atoms with Gasteiger partial charge < -0.3 is 0 Å². The molecule has 0 aromatic heterocycles. The zero-order chi connectivity index (χ0) is 7.56. The van der Waals surface area contributed by atoms with Gasteiger partial charge in [0.05, 0.1) is 5.69 Å². The number of nitrogens with zero attached hydrogens (tertiary/aromatic N) is 1. The zero-order valence-electron chi connectivity index (χ0n) is 5.44. The van der Waals surface area contributed by atoms with Gasteiger partial charge in [0.25, 0.3) is 0 Å². The summed E-state index contributed by atoms with van der Waals surface area (Å²) in [6.45, 7) is 0. The number of rotatable bonds is 1. The molecular formula is C7H6F2N. The quantitative estimate of drug-likeness (QED) is 0.568. The summed E-state index contributed by atoms with van der Waals surface area (Å²) in [5, 5.41) is 3.67. The van der Waals surface area contributed by atoms with Gasteiger partial charge in [0.2, 0.25) is 0 Å². The number of halogens is 2. The molecule has 0 spiro atoms. The Kier molecular flexibility index (Phi) is 1.85. The lowest BCUT2D eigenvalue weighted by molar-refractivity contribution is 0.508. The first kappa shape index (κ1) is 6.99. The highest BCUT2D eigenvalue weighted by molar-refractivity contribution is 5.35. The minimum absolute atomic E-state index is 0.443. The van der Waals surface area contributed by atoms with Crippen molar-refractivity contribution in [2.24, 2.45) is 0 Å². The average molecular weight is 142 g/mol. The van der Waals surface area contributed by atoms with Crippen LogP contribution in [0.2, 0.25) is 0 Å². The van der Waals surface area contributed by atoms with Crippen molar-refractivity contribution in [1.29, 1.82) is 0 Å². The molecule has 1 rings (SSSR count). The van der Waals surface area contributed by atoms with Crippen LogP contribution in [0, 0.1) is 11.6 Å². The molecule has 3 heteroatoms. The van der Waals surface area contributed by atoms with Crippen molar-refractivity contribution in [3.05, 3.63) is 29.8 Å². The normalized spacial score (nSPS) is 9.50. The van der Waals surface area contributed by atoms with Gasteiger partial charge in [-0.1, -0.05) is 0 Å². The second kappa shape index (κ2) is 2.64. The van der Waals surface area contributed by atoms with E-state index in [0.717, 1.165) is 12.1 Å². The summed E-state index contributed by atoms with van der Waals surface area (Å²) in [6, 6.07) is 3.52. The van der Waals surface area contributed by atoms with Crippen LogP contribution in [0.5, 0.6) is 0 Å². The predicted molar refractivity (Wildman–Crippen MR) is 34.1 cm³/mol. The molecule has 0 aliphatic rings. The highest BCUT2D eigenvalue weighted by atomic mass is 19.2. The Labute approximate surface area is 57.7 Å². The van der Waals surface area contributed by atoms with Crippen molar-refractivity contribution in [1.82, 2.24) is 5.32 Å². The predicted octanol–water partition coefficient (Wildman–Crippen LogP) is 1.83. The molecule has 1 aromatic carbocycles.